The van der Waals surface area contributed by atoms with Crippen LogP contribution in [0.1, 0.15) is 17.3 Å². The maximum Gasteiger partial charge on any atom is 0.159 e. The van der Waals surface area contributed by atoms with Crippen molar-refractivity contribution >= 4 is 11.5 Å². The lowest BCUT2D eigenvalue weighted by molar-refractivity contribution is 0.101. The Morgan fingerprint density at radius 3 is 2.95 bits per heavy atom. The van der Waals surface area contributed by atoms with Crippen LogP contribution in [0, 0.1) is 0 Å². The quantitative estimate of drug-likeness (QED) is 0.827. The second-order valence-electron chi connectivity index (χ2n) is 5.42. The summed E-state index contributed by atoms with van der Waals surface area (Å²) in [5.74, 6) is 0.126. The summed E-state index contributed by atoms with van der Waals surface area (Å²) in [6, 6.07) is 8.41. The van der Waals surface area contributed by atoms with Gasteiger partial charge in [-0.3, -0.25) is 4.79 Å². The number of carbonyl (C=O) groups is 1. The predicted molar refractivity (Wildman–Crippen MR) is 79.0 cm³/mol. The molecule has 1 fully saturated rings. The summed E-state index contributed by atoms with van der Waals surface area (Å²) < 4.78 is 0. The molecule has 1 atom stereocenters. The van der Waals surface area contributed by atoms with Crippen LogP contribution in [-0.2, 0) is 0 Å². The van der Waals surface area contributed by atoms with E-state index in [1.54, 1.807) is 6.92 Å². The van der Waals surface area contributed by atoms with Gasteiger partial charge in [-0.2, -0.15) is 0 Å². The molecule has 0 amide bonds. The number of Topliss-reactive ketones (excluding diaryl/α,β-unsaturated/α-hetero) is 1. The van der Waals surface area contributed by atoms with Gasteiger partial charge in [0.1, 0.15) is 0 Å². The van der Waals surface area contributed by atoms with E-state index in [1.165, 1.54) is 0 Å². The van der Waals surface area contributed by atoms with E-state index >= 15 is 0 Å². The third kappa shape index (κ3) is 3.55. The summed E-state index contributed by atoms with van der Waals surface area (Å²) in [6.07, 6.45) is 0. The molecule has 0 spiro atoms. The highest BCUT2D eigenvalue weighted by atomic mass is 16.1. The first-order valence-corrected chi connectivity index (χ1v) is 6.81. The van der Waals surface area contributed by atoms with Crippen molar-refractivity contribution in [3.63, 3.8) is 0 Å². The molecule has 1 aromatic rings. The third-order valence-corrected chi connectivity index (χ3v) is 3.51. The van der Waals surface area contributed by atoms with Gasteiger partial charge in [-0.15, -0.1) is 0 Å². The number of benzene rings is 1. The van der Waals surface area contributed by atoms with Gasteiger partial charge in [0.2, 0.25) is 0 Å². The highest BCUT2D eigenvalue weighted by molar-refractivity contribution is 5.95. The number of ketones is 1. The Labute approximate surface area is 115 Å². The molecule has 0 bridgehead atoms. The van der Waals surface area contributed by atoms with Crippen molar-refractivity contribution in [2.24, 2.45) is 0 Å². The molecule has 1 aromatic carbocycles. The Bertz CT molecular complexity index is 445. The van der Waals surface area contributed by atoms with Gasteiger partial charge in [0.05, 0.1) is 6.04 Å². The molecule has 2 rings (SSSR count). The second kappa shape index (κ2) is 6.17. The van der Waals surface area contributed by atoms with Crippen molar-refractivity contribution < 1.29 is 4.79 Å². The van der Waals surface area contributed by atoms with Gasteiger partial charge in [-0.25, -0.2) is 0 Å². The van der Waals surface area contributed by atoms with Crippen molar-refractivity contribution in [1.29, 1.82) is 0 Å². The van der Waals surface area contributed by atoms with Crippen LogP contribution in [-0.4, -0.2) is 57.0 Å². The lowest BCUT2D eigenvalue weighted by Crippen LogP contribution is -2.55. The second-order valence-corrected chi connectivity index (χ2v) is 5.42. The molecule has 1 aliphatic heterocycles. The number of piperazine rings is 1. The minimum absolute atomic E-state index is 0.126. The Morgan fingerprint density at radius 1 is 1.47 bits per heavy atom. The van der Waals surface area contributed by atoms with E-state index in [0.29, 0.717) is 6.04 Å². The molecule has 0 radical (unpaired) electrons. The highest BCUT2D eigenvalue weighted by Gasteiger charge is 2.23. The molecule has 1 unspecified atom stereocenters. The van der Waals surface area contributed by atoms with Gasteiger partial charge >= 0.3 is 0 Å². The SMILES string of the molecule is CC(=O)c1cccc(N2CCNCC2CN(C)C)c1. The van der Waals surface area contributed by atoms with E-state index in [9.17, 15) is 4.79 Å². The minimum atomic E-state index is 0.126. The fourth-order valence-corrected chi connectivity index (χ4v) is 2.59. The normalized spacial score (nSPS) is 19.8. The third-order valence-electron chi connectivity index (χ3n) is 3.51. The smallest absolute Gasteiger partial charge is 0.159 e. The highest BCUT2D eigenvalue weighted by Crippen LogP contribution is 2.20. The predicted octanol–water partition coefficient (Wildman–Crippen LogP) is 1.23. The molecular weight excluding hydrogens is 238 g/mol. The van der Waals surface area contributed by atoms with E-state index in [1.807, 2.05) is 18.2 Å². The molecule has 4 heteroatoms. The standard InChI is InChI=1S/C15H23N3O/c1-12(19)13-5-4-6-14(9-13)18-8-7-16-10-15(18)11-17(2)3/h4-6,9,15-16H,7-8,10-11H2,1-3H3. The van der Waals surface area contributed by atoms with Gasteiger partial charge in [-0.1, -0.05) is 12.1 Å². The molecule has 1 saturated heterocycles. The lowest BCUT2D eigenvalue weighted by atomic mass is 10.1. The van der Waals surface area contributed by atoms with Gasteiger partial charge in [0, 0.05) is 37.4 Å². The number of nitrogens with one attached hydrogen (secondary N) is 1. The molecule has 1 aliphatic rings. The fourth-order valence-electron chi connectivity index (χ4n) is 2.59. The molecule has 0 aromatic heterocycles. The first kappa shape index (κ1) is 14.0. The van der Waals surface area contributed by atoms with Crippen LogP contribution in [0.4, 0.5) is 5.69 Å². The number of rotatable bonds is 4. The molecule has 4 nitrogen and oxygen atoms in total. The number of hydrogen-bond donors (Lipinski definition) is 1. The molecule has 0 aliphatic carbocycles. The maximum absolute atomic E-state index is 11.5. The molecular formula is C15H23N3O. The maximum atomic E-state index is 11.5. The average molecular weight is 261 g/mol. The summed E-state index contributed by atoms with van der Waals surface area (Å²) in [6.45, 7) is 5.60. The average Bonchev–Trinajstić information content (AvgIpc) is 2.39. The molecule has 0 saturated carbocycles. The Balaban J connectivity index is 2.21. The molecule has 1 N–H and O–H groups in total. The van der Waals surface area contributed by atoms with Crippen molar-refractivity contribution in [2.75, 3.05) is 45.2 Å². The van der Waals surface area contributed by atoms with Gasteiger partial charge in [0.15, 0.2) is 5.78 Å². The fraction of sp³-hybridized carbons (Fsp3) is 0.533. The number of carbonyl (C=O) groups excluding carboxylic acids is 1. The van der Waals surface area contributed by atoms with Crippen molar-refractivity contribution in [3.8, 4) is 0 Å². The minimum Gasteiger partial charge on any atom is -0.365 e. The first-order chi connectivity index (χ1) is 9.08. The number of anilines is 1. The van der Waals surface area contributed by atoms with E-state index in [2.05, 4.69) is 35.3 Å². The number of nitrogens with zero attached hydrogens (tertiary/aromatic N) is 2. The van der Waals surface area contributed by atoms with Crippen LogP contribution in [0.2, 0.25) is 0 Å². The Morgan fingerprint density at radius 2 is 2.26 bits per heavy atom. The molecule has 19 heavy (non-hydrogen) atoms. The van der Waals surface area contributed by atoms with Crippen LogP contribution < -0.4 is 10.2 Å². The van der Waals surface area contributed by atoms with Crippen LogP contribution in [0.5, 0.6) is 0 Å². The Hall–Kier alpha value is -1.39. The number of likely N-dealkylation sites (N-methyl/N-ethyl adjacent to an activating group) is 1. The van der Waals surface area contributed by atoms with Crippen LogP contribution in [0.15, 0.2) is 24.3 Å². The van der Waals surface area contributed by atoms with E-state index in [0.717, 1.165) is 37.4 Å². The van der Waals surface area contributed by atoms with Crippen LogP contribution >= 0.6 is 0 Å². The van der Waals surface area contributed by atoms with Crippen molar-refractivity contribution in [1.82, 2.24) is 10.2 Å². The zero-order valence-electron chi connectivity index (χ0n) is 12.0. The summed E-state index contributed by atoms with van der Waals surface area (Å²) in [5, 5.41) is 3.44. The van der Waals surface area contributed by atoms with Crippen LogP contribution in [0.25, 0.3) is 0 Å². The summed E-state index contributed by atoms with van der Waals surface area (Å²) in [4.78, 5) is 16.1. The lowest BCUT2D eigenvalue weighted by Gasteiger charge is -2.39. The molecule has 104 valence electrons. The van der Waals surface area contributed by atoms with Gasteiger partial charge in [-0.05, 0) is 33.2 Å². The Kier molecular flexibility index (Phi) is 4.56. The summed E-state index contributed by atoms with van der Waals surface area (Å²) in [7, 11) is 4.19. The number of hydrogen-bond acceptors (Lipinski definition) is 4. The zero-order chi connectivity index (χ0) is 13.8. The van der Waals surface area contributed by atoms with E-state index in [4.69, 9.17) is 0 Å². The topological polar surface area (TPSA) is 35.6 Å². The first-order valence-electron chi connectivity index (χ1n) is 6.81. The molecule has 1 heterocycles. The van der Waals surface area contributed by atoms with E-state index in [-0.39, 0.29) is 5.78 Å². The van der Waals surface area contributed by atoms with E-state index < -0.39 is 0 Å². The summed E-state index contributed by atoms with van der Waals surface area (Å²) >= 11 is 0. The summed E-state index contributed by atoms with van der Waals surface area (Å²) in [5.41, 5.74) is 1.95. The largest absolute Gasteiger partial charge is 0.365 e. The van der Waals surface area contributed by atoms with Gasteiger partial charge in [0.25, 0.3) is 0 Å². The monoisotopic (exact) mass is 261 g/mol. The van der Waals surface area contributed by atoms with Crippen molar-refractivity contribution in [3.05, 3.63) is 29.8 Å². The van der Waals surface area contributed by atoms with Gasteiger partial charge < -0.3 is 15.1 Å². The van der Waals surface area contributed by atoms with Crippen molar-refractivity contribution in [2.45, 2.75) is 13.0 Å². The zero-order valence-corrected chi connectivity index (χ0v) is 12.0. The van der Waals surface area contributed by atoms with Crippen LogP contribution in [0.3, 0.4) is 0 Å².